The Bertz CT molecular complexity index is 1430. The molecular weight excluding hydrogens is 576 g/mol. The number of nitrogens with zero attached hydrogens (tertiary/aromatic N) is 1. The molecule has 0 aliphatic rings. The van der Waals surface area contributed by atoms with Crippen molar-refractivity contribution in [1.82, 2.24) is 4.98 Å². The molecule has 0 saturated carbocycles. The van der Waals surface area contributed by atoms with Crippen LogP contribution in [0.5, 0.6) is 11.5 Å². The first-order valence-corrected chi connectivity index (χ1v) is 14.3. The van der Waals surface area contributed by atoms with Gasteiger partial charge in [-0.05, 0) is 0 Å². The van der Waals surface area contributed by atoms with Gasteiger partial charge in [0.15, 0.2) is 0 Å². The van der Waals surface area contributed by atoms with Gasteiger partial charge in [0.1, 0.15) is 0 Å². The van der Waals surface area contributed by atoms with Gasteiger partial charge in [-0.1, -0.05) is 0 Å². The summed E-state index contributed by atoms with van der Waals surface area (Å²) in [7, 11) is 4.54. The van der Waals surface area contributed by atoms with Crippen molar-refractivity contribution in [3.8, 4) is 22.8 Å². The van der Waals surface area contributed by atoms with Crippen molar-refractivity contribution in [3.05, 3.63) is 87.9 Å². The number of halogens is 2. The number of carbonyl (C=O) groups is 2. The number of fused-ring (bicyclic) bond motifs is 1. The number of ether oxygens (including phenoxy) is 3. The summed E-state index contributed by atoms with van der Waals surface area (Å²) < 4.78 is 15.3. The summed E-state index contributed by atoms with van der Waals surface area (Å²) >= 11 is 11.0. The average Bonchev–Trinajstić information content (AvgIpc) is 2.91. The third-order valence-corrected chi connectivity index (χ3v) is 9.22. The van der Waals surface area contributed by atoms with Crippen LogP contribution in [-0.4, -0.2) is 52.6 Å². The Kier molecular flexibility index (Phi) is 8.75. The van der Waals surface area contributed by atoms with Gasteiger partial charge in [-0.25, -0.2) is 0 Å². The number of carbonyl (C=O) groups excluding carboxylic acids is 2. The number of pyridine rings is 1. The molecular formula is C28H24AsCl2NO5. The monoisotopic (exact) mass is 599 g/mol. The number of hydrogen-bond acceptors (Lipinski definition) is 6. The number of rotatable bonds is 9. The molecule has 0 radical (unpaired) electrons. The van der Waals surface area contributed by atoms with Crippen LogP contribution in [0.4, 0.5) is 0 Å². The fraction of sp³-hybridized carbons (Fsp3) is 0.179. The van der Waals surface area contributed by atoms with Crippen molar-refractivity contribution in [2.75, 3.05) is 21.3 Å². The van der Waals surface area contributed by atoms with E-state index in [9.17, 15) is 9.59 Å². The van der Waals surface area contributed by atoms with Crippen molar-refractivity contribution in [3.63, 3.8) is 0 Å². The van der Waals surface area contributed by atoms with Crippen LogP contribution in [0.1, 0.15) is 15.9 Å². The SMILES string of the molecule is COC(=O)C(Cc1ccc2nc(-c3c(OC)cccc3OC)ccc2c1)[AsH]C(=O)c1c(Cl)cccc1Cl. The Morgan fingerprint density at radius 2 is 1.54 bits per heavy atom. The van der Waals surface area contributed by atoms with Crippen LogP contribution in [0.2, 0.25) is 14.8 Å². The first kappa shape index (κ1) is 27.0. The van der Waals surface area contributed by atoms with Crippen molar-refractivity contribution in [1.29, 1.82) is 0 Å². The summed E-state index contributed by atoms with van der Waals surface area (Å²) in [4.78, 5) is 30.5. The Morgan fingerprint density at radius 3 is 2.16 bits per heavy atom. The Hall–Kier alpha value is -3.05. The first-order valence-electron chi connectivity index (χ1n) is 11.3. The molecule has 0 fully saturated rings. The van der Waals surface area contributed by atoms with E-state index in [0.29, 0.717) is 17.9 Å². The molecule has 0 bridgehead atoms. The van der Waals surface area contributed by atoms with E-state index in [2.05, 4.69) is 0 Å². The van der Waals surface area contributed by atoms with E-state index in [1.54, 1.807) is 32.4 Å². The minimum atomic E-state index is -1.47. The Morgan fingerprint density at radius 1 is 0.892 bits per heavy atom. The van der Waals surface area contributed by atoms with Gasteiger partial charge in [-0.2, -0.15) is 0 Å². The number of hydrogen-bond donors (Lipinski definition) is 0. The zero-order chi connectivity index (χ0) is 26.5. The first-order chi connectivity index (χ1) is 17.9. The summed E-state index contributed by atoms with van der Waals surface area (Å²) in [6.45, 7) is 0. The second kappa shape index (κ2) is 12.0. The van der Waals surface area contributed by atoms with Crippen molar-refractivity contribution >= 4 is 60.4 Å². The van der Waals surface area contributed by atoms with Crippen LogP contribution in [0, 0.1) is 0 Å². The van der Waals surface area contributed by atoms with E-state index < -0.39 is 26.4 Å². The van der Waals surface area contributed by atoms with Crippen LogP contribution < -0.4 is 9.47 Å². The zero-order valence-electron chi connectivity index (χ0n) is 20.4. The fourth-order valence-corrected chi connectivity index (χ4v) is 7.70. The second-order valence-corrected chi connectivity index (χ2v) is 11.9. The quantitative estimate of drug-likeness (QED) is 0.173. The topological polar surface area (TPSA) is 74.7 Å². The van der Waals surface area contributed by atoms with Gasteiger partial charge in [0.05, 0.1) is 0 Å². The average molecular weight is 600 g/mol. The molecule has 6 nitrogen and oxygen atoms in total. The summed E-state index contributed by atoms with van der Waals surface area (Å²) in [5, 5.41) is 1.47. The van der Waals surface area contributed by atoms with Gasteiger partial charge in [0.2, 0.25) is 0 Å². The predicted octanol–water partition coefficient (Wildman–Crippen LogP) is 6.01. The second-order valence-electron chi connectivity index (χ2n) is 8.11. The number of benzene rings is 3. The summed E-state index contributed by atoms with van der Waals surface area (Å²) in [6.07, 6.45) is 0.360. The van der Waals surface area contributed by atoms with E-state index >= 15 is 0 Å². The number of esters is 1. The summed E-state index contributed by atoms with van der Waals surface area (Å²) in [5.41, 5.74) is 3.43. The van der Waals surface area contributed by atoms with Crippen LogP contribution in [0.15, 0.2) is 66.7 Å². The van der Waals surface area contributed by atoms with Gasteiger partial charge in [0, 0.05) is 0 Å². The van der Waals surface area contributed by atoms with Gasteiger partial charge in [0.25, 0.3) is 0 Å². The maximum atomic E-state index is 13.0. The van der Waals surface area contributed by atoms with Crippen molar-refractivity contribution < 1.29 is 23.8 Å². The molecule has 4 aromatic rings. The molecule has 0 saturated heterocycles. The summed E-state index contributed by atoms with van der Waals surface area (Å²) in [6, 6.07) is 20.1. The van der Waals surface area contributed by atoms with Gasteiger partial charge >= 0.3 is 232 Å². The zero-order valence-corrected chi connectivity index (χ0v) is 24.0. The Balaban J connectivity index is 1.62. The fourth-order valence-electron chi connectivity index (χ4n) is 4.06. The third kappa shape index (κ3) is 5.93. The maximum absolute atomic E-state index is 13.0. The van der Waals surface area contributed by atoms with Crippen LogP contribution in [-0.2, 0) is 16.0 Å². The molecule has 1 aromatic heterocycles. The molecule has 0 N–H and O–H groups in total. The molecule has 3 aromatic carbocycles. The van der Waals surface area contributed by atoms with E-state index in [0.717, 1.165) is 27.7 Å². The summed E-state index contributed by atoms with van der Waals surface area (Å²) in [5.74, 6) is 0.904. The van der Waals surface area contributed by atoms with Gasteiger partial charge in [-0.15, -0.1) is 0 Å². The molecule has 0 amide bonds. The van der Waals surface area contributed by atoms with Crippen LogP contribution in [0.25, 0.3) is 22.2 Å². The standard InChI is InChI=1S/C28H24AsCl2NO5/c1-35-23-8-5-9-24(36-2)26(23)22-13-11-17-14-16(10-12-21(17)32-22)15-18(28(34)37-3)29-27(33)25-19(30)6-4-7-20(25)31/h4-14,18,29H,15H2,1-3H3. The van der Waals surface area contributed by atoms with Crippen molar-refractivity contribution in [2.24, 2.45) is 0 Å². The molecule has 37 heavy (non-hydrogen) atoms. The van der Waals surface area contributed by atoms with Crippen LogP contribution >= 0.6 is 23.2 Å². The van der Waals surface area contributed by atoms with Gasteiger partial charge < -0.3 is 0 Å². The molecule has 0 aliphatic heterocycles. The molecule has 2 atom stereocenters. The van der Waals surface area contributed by atoms with E-state index in [1.165, 1.54) is 7.11 Å². The van der Waals surface area contributed by atoms with Crippen LogP contribution in [0.3, 0.4) is 0 Å². The minimum absolute atomic E-state index is 0.191. The van der Waals surface area contributed by atoms with E-state index in [-0.39, 0.29) is 20.2 Å². The molecule has 190 valence electrons. The predicted molar refractivity (Wildman–Crippen MR) is 148 cm³/mol. The number of aromatic nitrogens is 1. The van der Waals surface area contributed by atoms with Gasteiger partial charge in [-0.3, -0.25) is 0 Å². The number of methoxy groups -OCH3 is 3. The molecule has 2 unspecified atom stereocenters. The molecule has 0 spiro atoms. The normalized spacial score (nSPS) is 12.0. The Labute approximate surface area is 231 Å². The molecule has 1 heterocycles. The van der Waals surface area contributed by atoms with E-state index in [1.807, 2.05) is 48.5 Å². The van der Waals surface area contributed by atoms with E-state index in [4.69, 9.17) is 42.4 Å². The van der Waals surface area contributed by atoms with Crippen molar-refractivity contribution in [2.45, 2.75) is 11.1 Å². The molecule has 9 heteroatoms. The third-order valence-electron chi connectivity index (χ3n) is 5.86. The molecule has 0 aliphatic carbocycles. The molecule has 4 rings (SSSR count).